The van der Waals surface area contributed by atoms with E-state index in [1.165, 1.54) is 7.05 Å². The van der Waals surface area contributed by atoms with Crippen molar-refractivity contribution in [2.24, 2.45) is 0 Å². The van der Waals surface area contributed by atoms with Crippen LogP contribution in [0.15, 0.2) is 79.0 Å². The Bertz CT molecular complexity index is 1480. The first-order chi connectivity index (χ1) is 17.2. The van der Waals surface area contributed by atoms with E-state index < -0.39 is 10.0 Å². The molecule has 0 aliphatic carbocycles. The monoisotopic (exact) mass is 504 g/mol. The summed E-state index contributed by atoms with van der Waals surface area (Å²) in [4.78, 5) is 21.0. The van der Waals surface area contributed by atoms with Gasteiger partial charge in [0.1, 0.15) is 11.6 Å². The van der Waals surface area contributed by atoms with Crippen molar-refractivity contribution in [2.75, 3.05) is 24.7 Å². The third kappa shape index (κ3) is 5.58. The van der Waals surface area contributed by atoms with Crippen LogP contribution in [0.2, 0.25) is 0 Å². The summed E-state index contributed by atoms with van der Waals surface area (Å²) in [6.45, 7) is 1.90. The maximum Gasteiger partial charge on any atom is 0.251 e. The number of imidazole rings is 1. The molecular formula is C27H28N4O4S. The summed E-state index contributed by atoms with van der Waals surface area (Å²) in [6, 6.07) is 21.9. The maximum absolute atomic E-state index is 13.2. The number of amides is 1. The Balaban J connectivity index is 1.72. The van der Waals surface area contributed by atoms with Crippen LogP contribution in [0, 0.1) is 0 Å². The van der Waals surface area contributed by atoms with E-state index >= 15 is 0 Å². The molecule has 0 aliphatic heterocycles. The predicted octanol–water partition coefficient (Wildman–Crippen LogP) is 4.64. The second-order valence-electron chi connectivity index (χ2n) is 8.48. The van der Waals surface area contributed by atoms with Crippen LogP contribution in [-0.2, 0) is 10.0 Å². The van der Waals surface area contributed by atoms with Crippen LogP contribution in [0.1, 0.15) is 28.9 Å². The Morgan fingerprint density at radius 1 is 1.03 bits per heavy atom. The number of aromatic amines is 1. The lowest BCUT2D eigenvalue weighted by Crippen LogP contribution is -2.28. The summed E-state index contributed by atoms with van der Waals surface area (Å²) >= 11 is 0. The molecule has 9 heteroatoms. The minimum Gasteiger partial charge on any atom is -0.497 e. The van der Waals surface area contributed by atoms with Gasteiger partial charge in [0.2, 0.25) is 10.0 Å². The molecule has 1 amide bonds. The molecule has 1 heterocycles. The van der Waals surface area contributed by atoms with E-state index in [0.29, 0.717) is 28.4 Å². The maximum atomic E-state index is 13.2. The SMILES string of the molecule is COc1cccc(-c2cnc(-c3cc(C(=O)N[C@@H](C)c4ccccc4)cc(N(C)S(C)(=O)=O)c3)[nH]2)c1. The van der Waals surface area contributed by atoms with Gasteiger partial charge in [-0.2, -0.15) is 0 Å². The van der Waals surface area contributed by atoms with Gasteiger partial charge in [-0.1, -0.05) is 42.5 Å². The van der Waals surface area contributed by atoms with E-state index in [1.54, 1.807) is 31.5 Å². The van der Waals surface area contributed by atoms with E-state index in [2.05, 4.69) is 15.3 Å². The number of anilines is 1. The molecule has 1 atom stereocenters. The van der Waals surface area contributed by atoms with Crippen LogP contribution in [0.3, 0.4) is 0 Å². The van der Waals surface area contributed by atoms with Crippen molar-refractivity contribution in [2.45, 2.75) is 13.0 Å². The number of benzene rings is 3. The molecule has 8 nitrogen and oxygen atoms in total. The summed E-state index contributed by atoms with van der Waals surface area (Å²) in [7, 11) is -0.497. The van der Waals surface area contributed by atoms with Crippen molar-refractivity contribution in [1.82, 2.24) is 15.3 Å². The number of hydrogen-bond acceptors (Lipinski definition) is 5. The fourth-order valence-electron chi connectivity index (χ4n) is 3.76. The number of aromatic nitrogens is 2. The van der Waals surface area contributed by atoms with E-state index in [-0.39, 0.29) is 11.9 Å². The van der Waals surface area contributed by atoms with Gasteiger partial charge in [-0.15, -0.1) is 0 Å². The molecule has 4 rings (SSSR count). The van der Waals surface area contributed by atoms with Crippen molar-refractivity contribution < 1.29 is 17.9 Å². The quantitative estimate of drug-likeness (QED) is 0.364. The van der Waals surface area contributed by atoms with Crippen molar-refractivity contribution in [1.29, 1.82) is 0 Å². The number of sulfonamides is 1. The number of hydrogen-bond donors (Lipinski definition) is 2. The normalized spacial score (nSPS) is 12.1. The van der Waals surface area contributed by atoms with Crippen LogP contribution < -0.4 is 14.4 Å². The summed E-state index contributed by atoms with van der Waals surface area (Å²) in [5.41, 5.74) is 3.85. The molecule has 0 aliphatic rings. The Morgan fingerprint density at radius 2 is 1.78 bits per heavy atom. The average Bonchev–Trinajstić information content (AvgIpc) is 3.38. The van der Waals surface area contributed by atoms with Crippen LogP contribution in [-0.4, -0.2) is 44.7 Å². The minimum atomic E-state index is -3.55. The van der Waals surface area contributed by atoms with Gasteiger partial charge in [-0.25, -0.2) is 13.4 Å². The van der Waals surface area contributed by atoms with Gasteiger partial charge in [0.25, 0.3) is 5.91 Å². The van der Waals surface area contributed by atoms with E-state index in [1.807, 2.05) is 61.5 Å². The first-order valence-corrected chi connectivity index (χ1v) is 13.1. The lowest BCUT2D eigenvalue weighted by molar-refractivity contribution is 0.0940. The number of carbonyl (C=O) groups is 1. The molecule has 0 bridgehead atoms. The van der Waals surface area contributed by atoms with Crippen LogP contribution in [0.4, 0.5) is 5.69 Å². The molecule has 2 N–H and O–H groups in total. The van der Waals surface area contributed by atoms with Crippen LogP contribution in [0.5, 0.6) is 5.75 Å². The highest BCUT2D eigenvalue weighted by Crippen LogP contribution is 2.29. The number of nitrogens with zero attached hydrogens (tertiary/aromatic N) is 2. The highest BCUT2D eigenvalue weighted by Gasteiger charge is 2.19. The molecule has 1 aromatic heterocycles. The minimum absolute atomic E-state index is 0.235. The molecule has 4 aromatic rings. The summed E-state index contributed by atoms with van der Waals surface area (Å²) < 4.78 is 31.0. The molecule has 186 valence electrons. The van der Waals surface area contributed by atoms with E-state index in [9.17, 15) is 13.2 Å². The van der Waals surface area contributed by atoms with Crippen molar-refractivity contribution in [3.63, 3.8) is 0 Å². The summed E-state index contributed by atoms with van der Waals surface area (Å²) in [6.07, 6.45) is 2.80. The van der Waals surface area contributed by atoms with Gasteiger partial charge in [0, 0.05) is 23.7 Å². The lowest BCUT2D eigenvalue weighted by Gasteiger charge is -2.19. The molecule has 0 unspecified atom stereocenters. The Morgan fingerprint density at radius 3 is 2.47 bits per heavy atom. The first-order valence-electron chi connectivity index (χ1n) is 11.3. The zero-order valence-corrected chi connectivity index (χ0v) is 21.3. The fraction of sp³-hybridized carbons (Fsp3) is 0.185. The number of methoxy groups -OCH3 is 1. The average molecular weight is 505 g/mol. The summed E-state index contributed by atoms with van der Waals surface area (Å²) in [5, 5.41) is 2.99. The fourth-order valence-corrected chi connectivity index (χ4v) is 4.25. The zero-order chi connectivity index (χ0) is 25.9. The molecule has 36 heavy (non-hydrogen) atoms. The van der Waals surface area contributed by atoms with Crippen molar-refractivity contribution in [3.05, 3.63) is 90.1 Å². The number of rotatable bonds is 8. The zero-order valence-electron chi connectivity index (χ0n) is 20.5. The van der Waals surface area contributed by atoms with Gasteiger partial charge >= 0.3 is 0 Å². The van der Waals surface area contributed by atoms with Gasteiger partial charge in [0.05, 0.1) is 37.0 Å². The lowest BCUT2D eigenvalue weighted by atomic mass is 10.1. The van der Waals surface area contributed by atoms with Crippen molar-refractivity contribution >= 4 is 21.6 Å². The van der Waals surface area contributed by atoms with Gasteiger partial charge in [-0.05, 0) is 42.8 Å². The van der Waals surface area contributed by atoms with Gasteiger partial charge in [-0.3, -0.25) is 9.10 Å². The number of ether oxygens (including phenoxy) is 1. The number of carbonyl (C=O) groups excluding carboxylic acids is 1. The van der Waals surface area contributed by atoms with Crippen LogP contribution in [0.25, 0.3) is 22.6 Å². The molecular weight excluding hydrogens is 476 g/mol. The van der Waals surface area contributed by atoms with Gasteiger partial charge in [0.15, 0.2) is 0 Å². The number of nitrogens with one attached hydrogen (secondary N) is 2. The largest absolute Gasteiger partial charge is 0.497 e. The van der Waals surface area contributed by atoms with Gasteiger partial charge < -0.3 is 15.0 Å². The second kappa shape index (κ2) is 10.2. The molecule has 0 saturated carbocycles. The third-order valence-corrected chi connectivity index (χ3v) is 7.12. The first kappa shape index (κ1) is 25.0. The van der Waals surface area contributed by atoms with Crippen molar-refractivity contribution in [3.8, 4) is 28.4 Å². The Hall–Kier alpha value is -4.11. The smallest absolute Gasteiger partial charge is 0.251 e. The van der Waals surface area contributed by atoms with E-state index in [4.69, 9.17) is 4.74 Å². The van der Waals surface area contributed by atoms with Crippen LogP contribution >= 0.6 is 0 Å². The number of H-pyrrole nitrogens is 1. The van der Waals surface area contributed by atoms with E-state index in [0.717, 1.165) is 27.4 Å². The predicted molar refractivity (Wildman–Crippen MR) is 142 cm³/mol. The second-order valence-corrected chi connectivity index (χ2v) is 10.5. The summed E-state index contributed by atoms with van der Waals surface area (Å²) in [5.74, 6) is 0.893. The highest BCUT2D eigenvalue weighted by atomic mass is 32.2. The molecule has 0 fully saturated rings. The molecule has 0 radical (unpaired) electrons. The molecule has 3 aromatic carbocycles. The molecule has 0 saturated heterocycles. The topological polar surface area (TPSA) is 104 Å². The Kier molecular flexibility index (Phi) is 7.12. The Labute approximate surface area is 211 Å². The standard InChI is InChI=1S/C27H28N4O4S/c1-18(19-9-6-5-7-10-19)29-27(32)22-13-21(14-23(15-22)31(2)36(4,33)34)26-28-17-25(30-26)20-11-8-12-24(16-20)35-3/h5-18H,1-4H3,(H,28,30)(H,29,32)/t18-/m0/s1. The third-order valence-electron chi connectivity index (χ3n) is 5.92. The highest BCUT2D eigenvalue weighted by molar-refractivity contribution is 7.92. The molecule has 0 spiro atoms.